The van der Waals surface area contributed by atoms with Crippen molar-refractivity contribution in [3.63, 3.8) is 0 Å². The summed E-state index contributed by atoms with van der Waals surface area (Å²) in [5.41, 5.74) is 0.366. The van der Waals surface area contributed by atoms with E-state index in [0.717, 1.165) is 0 Å². The van der Waals surface area contributed by atoms with Gasteiger partial charge in [-0.05, 0) is 24.3 Å². The molecule has 0 aliphatic carbocycles. The lowest BCUT2D eigenvalue weighted by molar-refractivity contribution is 0.0988. The minimum Gasteiger partial charge on any atom is -0.453 e. The minimum atomic E-state index is -0.359. The predicted molar refractivity (Wildman–Crippen MR) is 54.1 cm³/mol. The summed E-state index contributed by atoms with van der Waals surface area (Å²) < 4.78 is 18.6. The third-order valence-corrected chi connectivity index (χ3v) is 2.09. The van der Waals surface area contributed by atoms with Crippen LogP contribution in [0.5, 0.6) is 0 Å². The summed E-state index contributed by atoms with van der Waals surface area (Å²) >= 11 is 0. The zero-order chi connectivity index (χ0) is 10.8. The van der Waals surface area contributed by atoms with Crippen molar-refractivity contribution in [1.82, 2.24) is 0 Å². The number of ketones is 1. The molecule has 0 N–H and O–H groups in total. The van der Waals surface area contributed by atoms with Crippen molar-refractivity contribution in [2.75, 3.05) is 0 Å². The van der Waals surface area contributed by atoms with E-state index in [1.807, 2.05) is 0 Å². The number of halogens is 1. The van der Waals surface area contributed by atoms with Crippen LogP contribution < -0.4 is 0 Å². The van der Waals surface area contributed by atoms with Gasteiger partial charge in [-0.15, -0.1) is 0 Å². The Morgan fingerprint density at radius 3 is 2.53 bits per heavy atom. The van der Waals surface area contributed by atoms with Crippen molar-refractivity contribution in [3.8, 4) is 11.3 Å². The molecule has 0 amide bonds. The second kappa shape index (κ2) is 3.69. The van der Waals surface area contributed by atoms with E-state index in [2.05, 4.69) is 0 Å². The van der Waals surface area contributed by atoms with Crippen LogP contribution in [0.1, 0.15) is 17.5 Å². The van der Waals surface area contributed by atoms with Crippen LogP contribution >= 0.6 is 0 Å². The molecule has 3 heteroatoms. The Kier molecular flexibility index (Phi) is 2.37. The van der Waals surface area contributed by atoms with Gasteiger partial charge < -0.3 is 4.42 Å². The Morgan fingerprint density at radius 1 is 1.20 bits per heavy atom. The first-order valence-corrected chi connectivity index (χ1v) is 4.54. The predicted octanol–water partition coefficient (Wildman–Crippen LogP) is 3.29. The van der Waals surface area contributed by atoms with Crippen LogP contribution in [0.4, 0.5) is 4.39 Å². The van der Waals surface area contributed by atoms with E-state index in [4.69, 9.17) is 4.42 Å². The van der Waals surface area contributed by atoms with Gasteiger partial charge in [0.25, 0.3) is 0 Å². The van der Waals surface area contributed by atoms with Crippen molar-refractivity contribution in [3.05, 3.63) is 48.0 Å². The molecular formula is C12H9FO2. The third kappa shape index (κ3) is 1.81. The zero-order valence-electron chi connectivity index (χ0n) is 8.16. The van der Waals surface area contributed by atoms with E-state index in [9.17, 15) is 9.18 Å². The molecule has 0 fully saturated rings. The summed E-state index contributed by atoms with van der Waals surface area (Å²) in [6, 6.07) is 9.42. The van der Waals surface area contributed by atoms with Gasteiger partial charge in [0.2, 0.25) is 0 Å². The second-order valence-electron chi connectivity index (χ2n) is 3.20. The largest absolute Gasteiger partial charge is 0.453 e. The van der Waals surface area contributed by atoms with E-state index in [-0.39, 0.29) is 17.4 Å². The van der Waals surface area contributed by atoms with Gasteiger partial charge in [-0.1, -0.05) is 12.1 Å². The second-order valence-corrected chi connectivity index (χ2v) is 3.20. The van der Waals surface area contributed by atoms with E-state index in [0.29, 0.717) is 11.3 Å². The minimum absolute atomic E-state index is 0.169. The molecule has 0 atom stereocenters. The fourth-order valence-electron chi connectivity index (χ4n) is 1.33. The number of carbonyl (C=O) groups is 1. The van der Waals surface area contributed by atoms with Crippen LogP contribution in [-0.4, -0.2) is 5.78 Å². The fourth-order valence-corrected chi connectivity index (χ4v) is 1.33. The van der Waals surface area contributed by atoms with E-state index in [1.165, 1.54) is 13.0 Å². The van der Waals surface area contributed by atoms with Gasteiger partial charge in [0, 0.05) is 6.92 Å². The highest BCUT2D eigenvalue weighted by molar-refractivity contribution is 5.91. The fraction of sp³-hybridized carbons (Fsp3) is 0.0833. The van der Waals surface area contributed by atoms with Crippen molar-refractivity contribution in [2.24, 2.45) is 0 Å². The van der Waals surface area contributed by atoms with Gasteiger partial charge in [0.15, 0.2) is 11.5 Å². The Balaban J connectivity index is 2.46. The Bertz CT molecular complexity index is 500. The molecular weight excluding hydrogens is 195 g/mol. The van der Waals surface area contributed by atoms with Gasteiger partial charge in [-0.3, -0.25) is 4.79 Å². The number of hydrogen-bond acceptors (Lipinski definition) is 2. The number of hydrogen-bond donors (Lipinski definition) is 0. The summed E-state index contributed by atoms with van der Waals surface area (Å²) in [5, 5.41) is 0. The quantitative estimate of drug-likeness (QED) is 0.702. The maximum absolute atomic E-state index is 13.3. The molecule has 76 valence electrons. The molecule has 1 heterocycles. The molecule has 15 heavy (non-hydrogen) atoms. The highest BCUT2D eigenvalue weighted by atomic mass is 19.1. The summed E-state index contributed by atoms with van der Waals surface area (Å²) in [4.78, 5) is 11.0. The molecule has 0 spiro atoms. The Labute approximate surface area is 86.3 Å². The Morgan fingerprint density at radius 2 is 1.93 bits per heavy atom. The average Bonchev–Trinajstić information content (AvgIpc) is 2.67. The monoisotopic (exact) mass is 204 g/mol. The van der Waals surface area contributed by atoms with Crippen LogP contribution in [0, 0.1) is 5.82 Å². The summed E-state index contributed by atoms with van der Waals surface area (Å²) in [5.74, 6) is 0.0890. The number of Topliss-reactive ketones (excluding diaryl/α,β-unsaturated/α-hetero) is 1. The lowest BCUT2D eigenvalue weighted by atomic mass is 10.1. The average molecular weight is 204 g/mol. The highest BCUT2D eigenvalue weighted by Gasteiger charge is 2.10. The van der Waals surface area contributed by atoms with E-state index in [1.54, 1.807) is 30.3 Å². The molecule has 0 saturated carbocycles. The molecule has 1 aromatic heterocycles. The number of furan rings is 1. The first-order valence-electron chi connectivity index (χ1n) is 4.54. The van der Waals surface area contributed by atoms with Crippen molar-refractivity contribution < 1.29 is 13.6 Å². The van der Waals surface area contributed by atoms with Crippen LogP contribution in [0.3, 0.4) is 0 Å². The van der Waals surface area contributed by atoms with Gasteiger partial charge in [0.05, 0.1) is 5.56 Å². The zero-order valence-corrected chi connectivity index (χ0v) is 8.16. The lowest BCUT2D eigenvalue weighted by Gasteiger charge is -1.97. The van der Waals surface area contributed by atoms with Crippen LogP contribution in [-0.2, 0) is 0 Å². The topological polar surface area (TPSA) is 30.2 Å². The Hall–Kier alpha value is -1.90. The van der Waals surface area contributed by atoms with E-state index >= 15 is 0 Å². The molecule has 2 aromatic rings. The third-order valence-electron chi connectivity index (χ3n) is 2.09. The van der Waals surface area contributed by atoms with Crippen LogP contribution in [0.25, 0.3) is 11.3 Å². The highest BCUT2D eigenvalue weighted by Crippen LogP contribution is 2.24. The molecule has 0 radical (unpaired) electrons. The van der Waals surface area contributed by atoms with Crippen molar-refractivity contribution in [2.45, 2.75) is 6.92 Å². The van der Waals surface area contributed by atoms with Crippen LogP contribution in [0.2, 0.25) is 0 Å². The van der Waals surface area contributed by atoms with Crippen molar-refractivity contribution >= 4 is 5.78 Å². The van der Waals surface area contributed by atoms with Gasteiger partial charge in [0.1, 0.15) is 11.6 Å². The summed E-state index contributed by atoms with van der Waals surface area (Å²) in [6.07, 6.45) is 0. The molecule has 0 saturated heterocycles. The van der Waals surface area contributed by atoms with Crippen LogP contribution in [0.15, 0.2) is 40.8 Å². The van der Waals surface area contributed by atoms with Gasteiger partial charge in [-0.2, -0.15) is 0 Å². The first-order chi connectivity index (χ1) is 7.18. The summed E-state index contributed by atoms with van der Waals surface area (Å²) in [7, 11) is 0. The number of rotatable bonds is 2. The molecule has 0 aliphatic heterocycles. The molecule has 1 aromatic carbocycles. The maximum atomic E-state index is 13.3. The van der Waals surface area contributed by atoms with Crippen molar-refractivity contribution in [1.29, 1.82) is 0 Å². The van der Waals surface area contributed by atoms with Gasteiger partial charge >= 0.3 is 0 Å². The SMILES string of the molecule is CC(=O)c1ccc(-c2ccccc2F)o1. The molecule has 2 nitrogen and oxygen atoms in total. The standard InChI is InChI=1S/C12H9FO2/c1-8(14)11-6-7-12(15-11)9-4-2-3-5-10(9)13/h2-7H,1H3. The van der Waals surface area contributed by atoms with E-state index < -0.39 is 0 Å². The first kappa shape index (κ1) is 9.65. The molecule has 0 bridgehead atoms. The number of carbonyl (C=O) groups excluding carboxylic acids is 1. The smallest absolute Gasteiger partial charge is 0.194 e. The lowest BCUT2D eigenvalue weighted by Crippen LogP contribution is -1.86. The van der Waals surface area contributed by atoms with Gasteiger partial charge in [-0.25, -0.2) is 4.39 Å². The summed E-state index contributed by atoms with van der Waals surface area (Å²) in [6.45, 7) is 1.41. The molecule has 2 rings (SSSR count). The molecule has 0 aliphatic rings. The molecule has 0 unspecified atom stereocenters. The normalized spacial score (nSPS) is 10.3. The number of benzene rings is 1. The maximum Gasteiger partial charge on any atom is 0.194 e.